The van der Waals surface area contributed by atoms with Crippen molar-refractivity contribution in [2.24, 2.45) is 0 Å². The van der Waals surface area contributed by atoms with E-state index in [1.54, 1.807) is 37.3 Å². The topological polar surface area (TPSA) is 72.2 Å². The van der Waals surface area contributed by atoms with Gasteiger partial charge in [0.05, 0.1) is 10.6 Å². The standard InChI is InChI=1S/C15H18N2O2S/c1-10-4-7-15(12(3)8-10)20(18,19)17-14-9-13(16)6-5-11(14)2/h4-9,17H,16H2,1-3H3. The molecule has 0 bridgehead atoms. The van der Waals surface area contributed by atoms with Crippen molar-refractivity contribution in [3.05, 3.63) is 53.1 Å². The summed E-state index contributed by atoms with van der Waals surface area (Å²) in [7, 11) is -3.61. The van der Waals surface area contributed by atoms with E-state index in [9.17, 15) is 8.42 Å². The van der Waals surface area contributed by atoms with Crippen LogP contribution in [-0.4, -0.2) is 8.42 Å². The quantitative estimate of drug-likeness (QED) is 0.854. The minimum absolute atomic E-state index is 0.282. The van der Waals surface area contributed by atoms with Gasteiger partial charge in [-0.3, -0.25) is 4.72 Å². The van der Waals surface area contributed by atoms with Gasteiger partial charge in [-0.2, -0.15) is 0 Å². The molecule has 0 aliphatic heterocycles. The lowest BCUT2D eigenvalue weighted by Gasteiger charge is -2.13. The molecule has 3 N–H and O–H groups in total. The number of rotatable bonds is 3. The van der Waals surface area contributed by atoms with Gasteiger partial charge in [-0.15, -0.1) is 0 Å². The number of nitrogen functional groups attached to an aromatic ring is 1. The van der Waals surface area contributed by atoms with Crippen LogP contribution in [0.5, 0.6) is 0 Å². The number of hydrogen-bond acceptors (Lipinski definition) is 3. The summed E-state index contributed by atoms with van der Waals surface area (Å²) in [5.74, 6) is 0. The van der Waals surface area contributed by atoms with Crippen LogP contribution in [0, 0.1) is 20.8 Å². The van der Waals surface area contributed by atoms with Crippen LogP contribution in [0.1, 0.15) is 16.7 Å². The number of benzene rings is 2. The van der Waals surface area contributed by atoms with Crippen LogP contribution in [0.15, 0.2) is 41.3 Å². The monoisotopic (exact) mass is 290 g/mol. The summed E-state index contributed by atoms with van der Waals surface area (Å²) in [5, 5.41) is 0. The van der Waals surface area contributed by atoms with Gasteiger partial charge in [-0.25, -0.2) is 8.42 Å². The molecule has 0 radical (unpaired) electrons. The van der Waals surface area contributed by atoms with Crippen molar-refractivity contribution in [1.29, 1.82) is 0 Å². The van der Waals surface area contributed by atoms with E-state index in [-0.39, 0.29) is 4.90 Å². The predicted octanol–water partition coefficient (Wildman–Crippen LogP) is 2.99. The summed E-state index contributed by atoms with van der Waals surface area (Å²) < 4.78 is 27.5. The highest BCUT2D eigenvalue weighted by Gasteiger charge is 2.17. The van der Waals surface area contributed by atoms with Gasteiger partial charge in [-0.05, 0) is 50.1 Å². The SMILES string of the molecule is Cc1ccc(S(=O)(=O)Nc2cc(N)ccc2C)c(C)c1. The smallest absolute Gasteiger partial charge is 0.262 e. The molecule has 20 heavy (non-hydrogen) atoms. The van der Waals surface area contributed by atoms with Gasteiger partial charge < -0.3 is 5.73 Å². The molecule has 4 nitrogen and oxygen atoms in total. The van der Waals surface area contributed by atoms with Crippen molar-refractivity contribution in [2.45, 2.75) is 25.7 Å². The first kappa shape index (κ1) is 14.4. The van der Waals surface area contributed by atoms with Crippen LogP contribution >= 0.6 is 0 Å². The number of anilines is 2. The molecular weight excluding hydrogens is 272 g/mol. The Bertz CT molecular complexity index is 752. The summed E-state index contributed by atoms with van der Waals surface area (Å²) in [6, 6.07) is 10.4. The van der Waals surface area contributed by atoms with E-state index in [0.29, 0.717) is 11.4 Å². The fraction of sp³-hybridized carbons (Fsp3) is 0.200. The minimum Gasteiger partial charge on any atom is -0.399 e. The number of hydrogen-bond donors (Lipinski definition) is 2. The Hall–Kier alpha value is -2.01. The molecule has 0 aliphatic carbocycles. The van der Waals surface area contributed by atoms with Crippen molar-refractivity contribution in [3.63, 3.8) is 0 Å². The van der Waals surface area contributed by atoms with Crippen molar-refractivity contribution in [3.8, 4) is 0 Å². The number of nitrogens with one attached hydrogen (secondary N) is 1. The fourth-order valence-corrected chi connectivity index (χ4v) is 3.40. The molecule has 0 saturated heterocycles. The molecule has 0 atom stereocenters. The molecule has 2 aromatic carbocycles. The van der Waals surface area contributed by atoms with Gasteiger partial charge in [0.25, 0.3) is 10.0 Å². The number of aryl methyl sites for hydroxylation is 3. The van der Waals surface area contributed by atoms with Crippen LogP contribution in [-0.2, 0) is 10.0 Å². The van der Waals surface area contributed by atoms with E-state index >= 15 is 0 Å². The Morgan fingerprint density at radius 2 is 1.65 bits per heavy atom. The molecule has 2 aromatic rings. The molecule has 0 unspecified atom stereocenters. The van der Waals surface area contributed by atoms with Gasteiger partial charge in [0, 0.05) is 5.69 Å². The third-order valence-electron chi connectivity index (χ3n) is 3.13. The van der Waals surface area contributed by atoms with Gasteiger partial charge in [0.1, 0.15) is 0 Å². The first-order valence-corrected chi connectivity index (χ1v) is 7.74. The van der Waals surface area contributed by atoms with Crippen molar-refractivity contribution in [1.82, 2.24) is 0 Å². The normalized spacial score (nSPS) is 11.3. The molecule has 0 amide bonds. The van der Waals surface area contributed by atoms with Crippen LogP contribution in [0.2, 0.25) is 0 Å². The van der Waals surface area contributed by atoms with Crippen LogP contribution in [0.25, 0.3) is 0 Å². The maximum absolute atomic E-state index is 12.4. The molecule has 2 rings (SSSR count). The second kappa shape index (κ2) is 5.17. The highest BCUT2D eigenvalue weighted by molar-refractivity contribution is 7.92. The maximum atomic E-state index is 12.4. The zero-order valence-electron chi connectivity index (χ0n) is 11.8. The summed E-state index contributed by atoms with van der Waals surface area (Å²) in [6.07, 6.45) is 0. The van der Waals surface area contributed by atoms with Gasteiger partial charge in [0.15, 0.2) is 0 Å². The minimum atomic E-state index is -3.61. The number of sulfonamides is 1. The maximum Gasteiger partial charge on any atom is 0.262 e. The molecule has 0 saturated carbocycles. The van der Waals surface area contributed by atoms with Gasteiger partial charge >= 0.3 is 0 Å². The van der Waals surface area contributed by atoms with E-state index in [1.165, 1.54) is 0 Å². The van der Waals surface area contributed by atoms with Crippen LogP contribution < -0.4 is 10.5 Å². The highest BCUT2D eigenvalue weighted by atomic mass is 32.2. The van der Waals surface area contributed by atoms with Crippen molar-refractivity contribution < 1.29 is 8.42 Å². The molecule has 106 valence electrons. The molecular formula is C15H18N2O2S. The van der Waals surface area contributed by atoms with E-state index in [0.717, 1.165) is 16.7 Å². The van der Waals surface area contributed by atoms with Crippen LogP contribution in [0.4, 0.5) is 11.4 Å². The fourth-order valence-electron chi connectivity index (χ4n) is 2.05. The Morgan fingerprint density at radius 3 is 2.30 bits per heavy atom. The van der Waals surface area contributed by atoms with Crippen LogP contribution in [0.3, 0.4) is 0 Å². The Balaban J connectivity index is 2.43. The largest absolute Gasteiger partial charge is 0.399 e. The third-order valence-corrected chi connectivity index (χ3v) is 4.65. The van der Waals surface area contributed by atoms with Gasteiger partial charge in [-0.1, -0.05) is 23.8 Å². The Kier molecular flexibility index (Phi) is 3.72. The zero-order chi connectivity index (χ0) is 14.9. The molecule has 0 aliphatic rings. The molecule has 5 heteroatoms. The second-order valence-electron chi connectivity index (χ2n) is 4.95. The Morgan fingerprint density at radius 1 is 0.950 bits per heavy atom. The molecule has 0 heterocycles. The highest BCUT2D eigenvalue weighted by Crippen LogP contribution is 2.24. The first-order chi connectivity index (χ1) is 9.29. The lowest BCUT2D eigenvalue weighted by molar-refractivity contribution is 0.600. The predicted molar refractivity (Wildman–Crippen MR) is 82.3 cm³/mol. The van der Waals surface area contributed by atoms with E-state index in [1.807, 2.05) is 19.9 Å². The van der Waals surface area contributed by atoms with E-state index in [4.69, 9.17) is 5.73 Å². The summed E-state index contributed by atoms with van der Waals surface area (Å²) in [6.45, 7) is 5.55. The molecule has 0 aromatic heterocycles. The van der Waals surface area contributed by atoms with E-state index in [2.05, 4.69) is 4.72 Å². The number of nitrogens with two attached hydrogens (primary N) is 1. The van der Waals surface area contributed by atoms with Crippen molar-refractivity contribution >= 4 is 21.4 Å². The molecule has 0 spiro atoms. The molecule has 0 fully saturated rings. The summed E-state index contributed by atoms with van der Waals surface area (Å²) in [4.78, 5) is 0.282. The average molecular weight is 290 g/mol. The lowest BCUT2D eigenvalue weighted by Crippen LogP contribution is -2.15. The average Bonchev–Trinajstić information content (AvgIpc) is 2.33. The van der Waals surface area contributed by atoms with Crippen molar-refractivity contribution in [2.75, 3.05) is 10.5 Å². The Labute approximate surface area is 119 Å². The second-order valence-corrected chi connectivity index (χ2v) is 6.60. The zero-order valence-corrected chi connectivity index (χ0v) is 12.6. The summed E-state index contributed by atoms with van der Waals surface area (Å²) in [5.41, 5.74) is 9.30. The van der Waals surface area contributed by atoms with Gasteiger partial charge in [0.2, 0.25) is 0 Å². The first-order valence-electron chi connectivity index (χ1n) is 6.26. The lowest BCUT2D eigenvalue weighted by atomic mass is 10.2. The third kappa shape index (κ3) is 2.93. The van der Waals surface area contributed by atoms with E-state index < -0.39 is 10.0 Å². The summed E-state index contributed by atoms with van der Waals surface area (Å²) >= 11 is 0.